The van der Waals surface area contributed by atoms with Crippen molar-refractivity contribution >= 4 is 18.3 Å². The number of hydrogen-bond acceptors (Lipinski definition) is 4. The Bertz CT molecular complexity index is 419. The molecule has 0 spiro atoms. The number of ether oxygens (including phenoxy) is 2. The molecular weight excluding hydrogens is 287 g/mol. The Morgan fingerprint density at radius 1 is 1.25 bits per heavy atom. The lowest BCUT2D eigenvalue weighted by Crippen LogP contribution is -2.33. The van der Waals surface area contributed by atoms with Crippen LogP contribution in [0.2, 0.25) is 0 Å². The van der Waals surface area contributed by atoms with Gasteiger partial charge in [-0.1, -0.05) is 0 Å². The second-order valence-corrected chi connectivity index (χ2v) is 3.84. The molecule has 0 aliphatic rings. The molecule has 20 heavy (non-hydrogen) atoms. The van der Waals surface area contributed by atoms with E-state index < -0.39 is 5.82 Å². The van der Waals surface area contributed by atoms with E-state index in [9.17, 15) is 9.18 Å². The van der Waals surface area contributed by atoms with Crippen molar-refractivity contribution in [3.05, 3.63) is 29.6 Å². The first-order chi connectivity index (χ1) is 9.19. The van der Waals surface area contributed by atoms with Gasteiger partial charge in [0.1, 0.15) is 11.6 Å². The second-order valence-electron chi connectivity index (χ2n) is 3.84. The van der Waals surface area contributed by atoms with Gasteiger partial charge in [-0.2, -0.15) is 0 Å². The van der Waals surface area contributed by atoms with Crippen molar-refractivity contribution < 1.29 is 18.7 Å². The maximum absolute atomic E-state index is 13.1. The molecule has 7 heteroatoms. The highest BCUT2D eigenvalue weighted by molar-refractivity contribution is 5.96. The fraction of sp³-hybridized carbons (Fsp3) is 0.462. The number of benzene rings is 1. The Hall–Kier alpha value is -1.37. The molecule has 0 bridgehead atoms. The van der Waals surface area contributed by atoms with Crippen molar-refractivity contribution in [3.63, 3.8) is 0 Å². The SMILES string of the molecule is COCCNCCNC(=O)c1cc(F)ccc1OC.Cl. The molecule has 1 aromatic carbocycles. The molecule has 0 aromatic heterocycles. The molecule has 0 saturated carbocycles. The molecule has 1 amide bonds. The normalized spacial score (nSPS) is 9.75. The van der Waals surface area contributed by atoms with Crippen LogP contribution in [0.4, 0.5) is 4.39 Å². The molecule has 0 aliphatic carbocycles. The topological polar surface area (TPSA) is 59.6 Å². The van der Waals surface area contributed by atoms with Crippen LogP contribution < -0.4 is 15.4 Å². The quantitative estimate of drug-likeness (QED) is 0.709. The van der Waals surface area contributed by atoms with Crippen LogP contribution in [-0.4, -0.2) is 46.4 Å². The van der Waals surface area contributed by atoms with Crippen LogP contribution in [0.25, 0.3) is 0 Å². The lowest BCUT2D eigenvalue weighted by Gasteiger charge is -2.10. The summed E-state index contributed by atoms with van der Waals surface area (Å²) in [5.74, 6) is -0.472. The zero-order valence-electron chi connectivity index (χ0n) is 11.6. The predicted molar refractivity (Wildman–Crippen MR) is 77.3 cm³/mol. The van der Waals surface area contributed by atoms with Crippen molar-refractivity contribution in [2.24, 2.45) is 0 Å². The van der Waals surface area contributed by atoms with E-state index in [1.54, 1.807) is 7.11 Å². The van der Waals surface area contributed by atoms with Gasteiger partial charge in [0, 0.05) is 26.7 Å². The van der Waals surface area contributed by atoms with Crippen LogP contribution >= 0.6 is 12.4 Å². The summed E-state index contributed by atoms with van der Waals surface area (Å²) in [5.41, 5.74) is 0.194. The average molecular weight is 307 g/mol. The first kappa shape index (κ1) is 18.6. The molecule has 5 nitrogen and oxygen atoms in total. The molecule has 2 N–H and O–H groups in total. The van der Waals surface area contributed by atoms with E-state index in [0.717, 1.165) is 12.6 Å². The Morgan fingerprint density at radius 2 is 2.00 bits per heavy atom. The Labute approximate surface area is 124 Å². The molecule has 114 valence electrons. The van der Waals surface area contributed by atoms with Gasteiger partial charge in [-0.3, -0.25) is 4.79 Å². The molecule has 0 aliphatic heterocycles. The molecule has 0 radical (unpaired) electrons. The van der Waals surface area contributed by atoms with Crippen molar-refractivity contribution in [1.29, 1.82) is 0 Å². The number of carbonyl (C=O) groups excluding carboxylic acids is 1. The van der Waals surface area contributed by atoms with E-state index in [1.165, 1.54) is 19.2 Å². The van der Waals surface area contributed by atoms with Gasteiger partial charge in [0.05, 0.1) is 19.3 Å². The third kappa shape index (κ3) is 6.18. The van der Waals surface area contributed by atoms with Crippen molar-refractivity contribution in [2.75, 3.05) is 40.5 Å². The van der Waals surface area contributed by atoms with E-state index in [1.807, 2.05) is 0 Å². The lowest BCUT2D eigenvalue weighted by molar-refractivity contribution is 0.0950. The predicted octanol–water partition coefficient (Wildman–Crippen LogP) is 1.22. The van der Waals surface area contributed by atoms with Crippen molar-refractivity contribution in [3.8, 4) is 5.75 Å². The number of methoxy groups -OCH3 is 2. The standard InChI is InChI=1S/C13H19FN2O3.ClH/c1-18-8-7-15-5-6-16-13(17)11-9-10(14)3-4-12(11)19-2;/h3-4,9,15H,5-8H2,1-2H3,(H,16,17);1H. The second kappa shape index (κ2) is 10.4. The van der Waals surface area contributed by atoms with E-state index >= 15 is 0 Å². The monoisotopic (exact) mass is 306 g/mol. The average Bonchev–Trinajstić information content (AvgIpc) is 2.42. The van der Waals surface area contributed by atoms with Gasteiger partial charge in [0.15, 0.2) is 0 Å². The third-order valence-electron chi connectivity index (χ3n) is 2.48. The van der Waals surface area contributed by atoms with Gasteiger partial charge >= 0.3 is 0 Å². The summed E-state index contributed by atoms with van der Waals surface area (Å²) in [6.45, 7) is 2.40. The first-order valence-corrected chi connectivity index (χ1v) is 6.00. The summed E-state index contributed by atoms with van der Waals surface area (Å²) in [7, 11) is 3.07. The summed E-state index contributed by atoms with van der Waals surface area (Å²) in [4.78, 5) is 11.9. The van der Waals surface area contributed by atoms with Gasteiger partial charge in [-0.05, 0) is 18.2 Å². The number of amides is 1. The highest BCUT2D eigenvalue weighted by Crippen LogP contribution is 2.18. The minimum Gasteiger partial charge on any atom is -0.496 e. The molecule has 0 atom stereocenters. The lowest BCUT2D eigenvalue weighted by atomic mass is 10.2. The minimum atomic E-state index is -0.468. The highest BCUT2D eigenvalue weighted by Gasteiger charge is 2.12. The maximum Gasteiger partial charge on any atom is 0.255 e. The minimum absolute atomic E-state index is 0. The number of nitrogens with one attached hydrogen (secondary N) is 2. The molecule has 0 fully saturated rings. The zero-order valence-corrected chi connectivity index (χ0v) is 12.4. The highest BCUT2D eigenvalue weighted by atomic mass is 35.5. The summed E-state index contributed by atoms with van der Waals surface area (Å²) < 4.78 is 23.0. The van der Waals surface area contributed by atoms with E-state index in [-0.39, 0.29) is 23.9 Å². The molecular formula is C13H20ClFN2O3. The van der Waals surface area contributed by atoms with Crippen molar-refractivity contribution in [1.82, 2.24) is 10.6 Å². The van der Waals surface area contributed by atoms with Gasteiger partial charge in [-0.15, -0.1) is 12.4 Å². The summed E-state index contributed by atoms with van der Waals surface area (Å²) in [6.07, 6.45) is 0. The third-order valence-corrected chi connectivity index (χ3v) is 2.48. The number of rotatable bonds is 8. The van der Waals surface area contributed by atoms with E-state index in [4.69, 9.17) is 9.47 Å². The van der Waals surface area contributed by atoms with Crippen LogP contribution in [0.5, 0.6) is 5.75 Å². The van der Waals surface area contributed by atoms with Gasteiger partial charge in [0.25, 0.3) is 5.91 Å². The fourth-order valence-corrected chi connectivity index (χ4v) is 1.52. The molecule has 1 rings (SSSR count). The van der Waals surface area contributed by atoms with Crippen LogP contribution in [0.3, 0.4) is 0 Å². The van der Waals surface area contributed by atoms with Crippen LogP contribution in [0.15, 0.2) is 18.2 Å². The van der Waals surface area contributed by atoms with Crippen molar-refractivity contribution in [2.45, 2.75) is 0 Å². The molecule has 1 aromatic rings. The van der Waals surface area contributed by atoms with Gasteiger partial charge in [0.2, 0.25) is 0 Å². The van der Waals surface area contributed by atoms with E-state index in [0.29, 0.717) is 25.4 Å². The zero-order chi connectivity index (χ0) is 14.1. The van der Waals surface area contributed by atoms with Crippen LogP contribution in [0.1, 0.15) is 10.4 Å². The first-order valence-electron chi connectivity index (χ1n) is 6.00. The maximum atomic E-state index is 13.1. The largest absolute Gasteiger partial charge is 0.496 e. The summed E-state index contributed by atoms with van der Waals surface area (Å²) in [5, 5.41) is 5.78. The van der Waals surface area contributed by atoms with Gasteiger partial charge in [-0.25, -0.2) is 4.39 Å². The van der Waals surface area contributed by atoms with Crippen LogP contribution in [-0.2, 0) is 4.74 Å². The molecule has 0 unspecified atom stereocenters. The Balaban J connectivity index is 0.00000361. The van der Waals surface area contributed by atoms with Crippen LogP contribution in [0, 0.1) is 5.82 Å². The number of hydrogen-bond donors (Lipinski definition) is 2. The fourth-order valence-electron chi connectivity index (χ4n) is 1.52. The summed E-state index contributed by atoms with van der Waals surface area (Å²) >= 11 is 0. The smallest absolute Gasteiger partial charge is 0.255 e. The number of carbonyl (C=O) groups is 1. The summed E-state index contributed by atoms with van der Waals surface area (Å²) in [6, 6.07) is 3.84. The molecule has 0 heterocycles. The Kier molecular flexibility index (Phi) is 9.71. The number of halogens is 2. The Morgan fingerprint density at radius 3 is 2.65 bits per heavy atom. The van der Waals surface area contributed by atoms with Gasteiger partial charge < -0.3 is 20.1 Å². The molecule has 0 saturated heterocycles. The van der Waals surface area contributed by atoms with E-state index in [2.05, 4.69) is 10.6 Å².